The largest absolute Gasteiger partial charge is 0.423 e. The average Bonchev–Trinajstić information content (AvgIpc) is 2.43. The predicted molar refractivity (Wildman–Crippen MR) is 77.8 cm³/mol. The van der Waals surface area contributed by atoms with E-state index < -0.39 is 0 Å². The van der Waals surface area contributed by atoms with E-state index in [1.165, 1.54) is 0 Å². The molecule has 0 bridgehead atoms. The number of nitrogens with one attached hydrogen (secondary N) is 1. The van der Waals surface area contributed by atoms with Gasteiger partial charge in [-0.1, -0.05) is 12.1 Å². The second-order valence-corrected chi connectivity index (χ2v) is 4.89. The van der Waals surface area contributed by atoms with E-state index in [1.807, 2.05) is 44.5 Å². The molecule has 0 radical (unpaired) electrons. The van der Waals surface area contributed by atoms with Gasteiger partial charge in [0.1, 0.15) is 5.75 Å². The maximum Gasteiger partial charge on any atom is 0.322 e. The van der Waals surface area contributed by atoms with Gasteiger partial charge in [-0.25, -0.2) is 4.98 Å². The molecule has 0 fully saturated rings. The molecule has 19 heavy (non-hydrogen) atoms. The van der Waals surface area contributed by atoms with Gasteiger partial charge < -0.3 is 10.1 Å². The fourth-order valence-corrected chi connectivity index (χ4v) is 2.21. The smallest absolute Gasteiger partial charge is 0.322 e. The fraction of sp³-hybridized carbons (Fsp3) is 0.286. The van der Waals surface area contributed by atoms with Gasteiger partial charge in [-0.2, -0.15) is 4.98 Å². The van der Waals surface area contributed by atoms with Crippen molar-refractivity contribution in [2.45, 2.75) is 18.4 Å². The number of benzene rings is 1. The van der Waals surface area contributed by atoms with Crippen molar-refractivity contribution in [2.75, 3.05) is 13.3 Å². The molecule has 1 heterocycles. The monoisotopic (exact) mass is 275 g/mol. The molecule has 0 atom stereocenters. The molecule has 0 aliphatic rings. The van der Waals surface area contributed by atoms with Crippen molar-refractivity contribution in [2.24, 2.45) is 0 Å². The molecular formula is C14H17N3OS. The van der Waals surface area contributed by atoms with Gasteiger partial charge in [-0.3, -0.25) is 0 Å². The second-order valence-electron chi connectivity index (χ2n) is 4.05. The first-order valence-corrected chi connectivity index (χ1v) is 7.25. The molecule has 0 aliphatic heterocycles. The predicted octanol–water partition coefficient (Wildman–Crippen LogP) is 3.02. The number of aryl methyl sites for hydroxylation is 1. The fourth-order valence-electron chi connectivity index (χ4n) is 1.69. The number of rotatable bonds is 5. The zero-order valence-electron chi connectivity index (χ0n) is 11.3. The van der Waals surface area contributed by atoms with Crippen molar-refractivity contribution in [3.05, 3.63) is 41.7 Å². The van der Waals surface area contributed by atoms with Crippen LogP contribution in [0.1, 0.15) is 11.3 Å². The van der Waals surface area contributed by atoms with Crippen molar-refractivity contribution in [3.8, 4) is 11.8 Å². The molecule has 0 aliphatic carbocycles. The van der Waals surface area contributed by atoms with E-state index in [9.17, 15) is 0 Å². The van der Waals surface area contributed by atoms with Crippen LogP contribution in [-0.2, 0) is 6.54 Å². The Morgan fingerprint density at radius 1 is 1.32 bits per heavy atom. The van der Waals surface area contributed by atoms with Crippen molar-refractivity contribution in [1.82, 2.24) is 15.3 Å². The first kappa shape index (κ1) is 13.8. The third-order valence-corrected chi connectivity index (χ3v) is 3.47. The Labute approximate surface area is 117 Å². The Balaban J connectivity index is 2.21. The lowest BCUT2D eigenvalue weighted by molar-refractivity contribution is 0.429. The van der Waals surface area contributed by atoms with Crippen molar-refractivity contribution >= 4 is 11.8 Å². The first-order chi connectivity index (χ1) is 9.24. The minimum atomic E-state index is 0.388. The molecule has 0 saturated heterocycles. The molecule has 0 unspecified atom stereocenters. The summed E-state index contributed by atoms with van der Waals surface area (Å²) >= 11 is 1.64. The molecule has 100 valence electrons. The summed E-state index contributed by atoms with van der Waals surface area (Å²) < 4.78 is 5.75. The van der Waals surface area contributed by atoms with Crippen molar-refractivity contribution in [3.63, 3.8) is 0 Å². The first-order valence-electron chi connectivity index (χ1n) is 6.02. The van der Waals surface area contributed by atoms with Gasteiger partial charge in [0.2, 0.25) is 0 Å². The number of aromatic nitrogens is 2. The van der Waals surface area contributed by atoms with E-state index in [2.05, 4.69) is 15.3 Å². The Kier molecular flexibility index (Phi) is 4.76. The van der Waals surface area contributed by atoms with E-state index in [0.717, 1.165) is 28.4 Å². The standard InChI is InChI=1S/C14H17N3OS/c1-10-11(8-15-2)9-16-14(17-10)18-12-6-4-5-7-13(12)19-3/h4-7,9,15H,8H2,1-3H3. The number of hydrogen-bond acceptors (Lipinski definition) is 5. The molecule has 2 rings (SSSR count). The van der Waals surface area contributed by atoms with E-state index in [-0.39, 0.29) is 0 Å². The van der Waals surface area contributed by atoms with Crippen LogP contribution >= 0.6 is 11.8 Å². The summed E-state index contributed by atoms with van der Waals surface area (Å²) in [7, 11) is 1.90. The number of ether oxygens (including phenoxy) is 1. The quantitative estimate of drug-likeness (QED) is 0.850. The molecule has 0 spiro atoms. The molecule has 0 saturated carbocycles. The lowest BCUT2D eigenvalue weighted by Gasteiger charge is -2.09. The Morgan fingerprint density at radius 3 is 2.79 bits per heavy atom. The molecule has 1 N–H and O–H groups in total. The number of hydrogen-bond donors (Lipinski definition) is 1. The zero-order chi connectivity index (χ0) is 13.7. The third-order valence-electron chi connectivity index (χ3n) is 2.70. The highest BCUT2D eigenvalue weighted by atomic mass is 32.2. The van der Waals surface area contributed by atoms with Crippen LogP contribution in [0.15, 0.2) is 35.4 Å². The Morgan fingerprint density at radius 2 is 2.11 bits per heavy atom. The number of nitrogens with zero attached hydrogens (tertiary/aromatic N) is 2. The Bertz CT molecular complexity index is 560. The molecule has 5 heteroatoms. The third kappa shape index (κ3) is 3.45. The maximum atomic E-state index is 5.75. The summed E-state index contributed by atoms with van der Waals surface area (Å²) in [5.74, 6) is 0.788. The highest BCUT2D eigenvalue weighted by molar-refractivity contribution is 7.98. The minimum absolute atomic E-state index is 0.388. The van der Waals surface area contributed by atoms with E-state index in [0.29, 0.717) is 6.01 Å². The summed E-state index contributed by atoms with van der Waals surface area (Å²) in [5.41, 5.74) is 2.01. The average molecular weight is 275 g/mol. The SMILES string of the molecule is CNCc1cnc(Oc2ccccc2SC)nc1C. The minimum Gasteiger partial charge on any atom is -0.423 e. The van der Waals surface area contributed by atoms with Crippen LogP contribution in [-0.4, -0.2) is 23.3 Å². The number of para-hydroxylation sites is 1. The maximum absolute atomic E-state index is 5.75. The Hall–Kier alpha value is -1.59. The van der Waals surface area contributed by atoms with Crippen LogP contribution in [0, 0.1) is 6.92 Å². The van der Waals surface area contributed by atoms with Gasteiger partial charge in [0.05, 0.1) is 0 Å². The van der Waals surface area contributed by atoms with Gasteiger partial charge in [0.15, 0.2) is 0 Å². The van der Waals surface area contributed by atoms with E-state index in [1.54, 1.807) is 18.0 Å². The van der Waals surface area contributed by atoms with Crippen molar-refractivity contribution < 1.29 is 4.74 Å². The van der Waals surface area contributed by atoms with Gasteiger partial charge in [-0.05, 0) is 32.4 Å². The molecular weight excluding hydrogens is 258 g/mol. The van der Waals surface area contributed by atoms with Crippen LogP contribution in [0.4, 0.5) is 0 Å². The van der Waals surface area contributed by atoms with Gasteiger partial charge in [0.25, 0.3) is 0 Å². The zero-order valence-corrected chi connectivity index (χ0v) is 12.1. The summed E-state index contributed by atoms with van der Waals surface area (Å²) in [6, 6.07) is 8.26. The van der Waals surface area contributed by atoms with E-state index in [4.69, 9.17) is 4.74 Å². The van der Waals surface area contributed by atoms with Crippen LogP contribution < -0.4 is 10.1 Å². The topological polar surface area (TPSA) is 47.0 Å². The van der Waals surface area contributed by atoms with Gasteiger partial charge in [0, 0.05) is 28.9 Å². The summed E-state index contributed by atoms with van der Waals surface area (Å²) in [6.07, 6.45) is 3.82. The van der Waals surface area contributed by atoms with Crippen LogP contribution in [0.3, 0.4) is 0 Å². The highest BCUT2D eigenvalue weighted by Crippen LogP contribution is 2.29. The van der Waals surface area contributed by atoms with Crippen LogP contribution in [0.2, 0.25) is 0 Å². The summed E-state index contributed by atoms with van der Waals surface area (Å²) in [4.78, 5) is 9.70. The van der Waals surface area contributed by atoms with Crippen LogP contribution in [0.25, 0.3) is 0 Å². The van der Waals surface area contributed by atoms with Gasteiger partial charge in [-0.15, -0.1) is 11.8 Å². The van der Waals surface area contributed by atoms with Gasteiger partial charge >= 0.3 is 6.01 Å². The van der Waals surface area contributed by atoms with E-state index >= 15 is 0 Å². The lowest BCUT2D eigenvalue weighted by Crippen LogP contribution is -2.08. The normalized spacial score (nSPS) is 10.5. The molecule has 4 nitrogen and oxygen atoms in total. The second kappa shape index (κ2) is 6.54. The highest BCUT2D eigenvalue weighted by Gasteiger charge is 2.07. The summed E-state index contributed by atoms with van der Waals surface area (Å²) in [5, 5.41) is 3.09. The molecule has 1 aromatic heterocycles. The molecule has 0 amide bonds. The molecule has 1 aromatic carbocycles. The summed E-state index contributed by atoms with van der Waals surface area (Å²) in [6.45, 7) is 2.72. The number of thioether (sulfide) groups is 1. The molecule has 2 aromatic rings. The lowest BCUT2D eigenvalue weighted by atomic mass is 10.2. The van der Waals surface area contributed by atoms with Crippen molar-refractivity contribution in [1.29, 1.82) is 0 Å². The van der Waals surface area contributed by atoms with Crippen LogP contribution in [0.5, 0.6) is 11.8 Å².